The third-order valence-electron chi connectivity index (χ3n) is 3.44. The molecule has 0 saturated carbocycles. The number of nitrogens with one attached hydrogen (secondary N) is 1. The lowest BCUT2D eigenvalue weighted by atomic mass is 10.1. The van der Waals surface area contributed by atoms with Crippen molar-refractivity contribution in [2.24, 2.45) is 5.92 Å². The molecule has 1 aliphatic heterocycles. The molecule has 0 aliphatic carbocycles. The molecule has 1 saturated heterocycles. The molecule has 19 heavy (non-hydrogen) atoms. The molecular formula is C14H24N4O. The summed E-state index contributed by atoms with van der Waals surface area (Å²) in [5.74, 6) is 0.942. The molecule has 1 fully saturated rings. The van der Waals surface area contributed by atoms with E-state index in [-0.39, 0.29) is 5.56 Å². The van der Waals surface area contributed by atoms with Crippen LogP contribution in [0.25, 0.3) is 0 Å². The van der Waals surface area contributed by atoms with E-state index < -0.39 is 0 Å². The Balaban J connectivity index is 2.10. The predicted molar refractivity (Wildman–Crippen MR) is 77.5 cm³/mol. The van der Waals surface area contributed by atoms with Crippen LogP contribution < -0.4 is 10.9 Å². The van der Waals surface area contributed by atoms with Crippen LogP contribution in [0.3, 0.4) is 0 Å². The molecule has 0 bridgehead atoms. The summed E-state index contributed by atoms with van der Waals surface area (Å²) in [4.78, 5) is 18.8. The van der Waals surface area contributed by atoms with E-state index in [1.807, 2.05) is 0 Å². The van der Waals surface area contributed by atoms with E-state index in [2.05, 4.69) is 36.1 Å². The normalized spacial score (nSPS) is 20.7. The van der Waals surface area contributed by atoms with Crippen molar-refractivity contribution in [1.29, 1.82) is 0 Å². The van der Waals surface area contributed by atoms with Crippen molar-refractivity contribution in [2.75, 3.05) is 25.5 Å². The number of nitrogens with zero attached hydrogens (tertiary/aromatic N) is 3. The number of piperidine rings is 1. The Morgan fingerprint density at radius 3 is 3.00 bits per heavy atom. The summed E-state index contributed by atoms with van der Waals surface area (Å²) in [6.07, 6.45) is 5.74. The average molecular weight is 264 g/mol. The highest BCUT2D eigenvalue weighted by molar-refractivity contribution is 5.32. The Morgan fingerprint density at radius 2 is 2.32 bits per heavy atom. The molecule has 0 amide bonds. The van der Waals surface area contributed by atoms with Gasteiger partial charge in [-0.05, 0) is 32.4 Å². The summed E-state index contributed by atoms with van der Waals surface area (Å²) < 4.78 is 1.74. The molecule has 2 heterocycles. The van der Waals surface area contributed by atoms with Gasteiger partial charge >= 0.3 is 0 Å². The van der Waals surface area contributed by atoms with E-state index in [1.165, 1.54) is 6.42 Å². The molecule has 1 unspecified atom stereocenters. The van der Waals surface area contributed by atoms with Crippen LogP contribution in [0.1, 0.15) is 26.7 Å². The lowest BCUT2D eigenvalue weighted by Gasteiger charge is -2.30. The standard InChI is InChI=1S/C14H24N4O/c1-11(2)9-18-8-6-15-13(14(18)19)16-12-5-4-7-17(3)10-12/h6,8,11-12H,4-5,7,9-10H2,1-3H3,(H,15,16). The molecule has 1 N–H and O–H groups in total. The summed E-state index contributed by atoms with van der Waals surface area (Å²) >= 11 is 0. The first-order valence-electron chi connectivity index (χ1n) is 7.07. The molecule has 5 nitrogen and oxygen atoms in total. The van der Waals surface area contributed by atoms with Crippen LogP contribution in [0.15, 0.2) is 17.2 Å². The monoisotopic (exact) mass is 264 g/mol. The molecule has 0 spiro atoms. The second-order valence-electron chi connectivity index (χ2n) is 5.87. The number of anilines is 1. The molecule has 1 aromatic rings. The zero-order valence-electron chi connectivity index (χ0n) is 12.1. The van der Waals surface area contributed by atoms with Crippen molar-refractivity contribution in [2.45, 2.75) is 39.3 Å². The smallest absolute Gasteiger partial charge is 0.293 e. The average Bonchev–Trinajstić information content (AvgIpc) is 2.34. The van der Waals surface area contributed by atoms with Gasteiger partial charge in [0.05, 0.1) is 0 Å². The number of hydrogen-bond acceptors (Lipinski definition) is 4. The summed E-state index contributed by atoms with van der Waals surface area (Å²) in [7, 11) is 2.11. The van der Waals surface area contributed by atoms with Crippen molar-refractivity contribution < 1.29 is 0 Å². The molecule has 1 aromatic heterocycles. The number of likely N-dealkylation sites (tertiary alicyclic amines) is 1. The number of likely N-dealkylation sites (N-methyl/N-ethyl adjacent to an activating group) is 1. The van der Waals surface area contributed by atoms with Gasteiger partial charge in [-0.3, -0.25) is 4.79 Å². The van der Waals surface area contributed by atoms with Gasteiger partial charge in [0.25, 0.3) is 5.56 Å². The van der Waals surface area contributed by atoms with Crippen molar-refractivity contribution in [1.82, 2.24) is 14.5 Å². The fraction of sp³-hybridized carbons (Fsp3) is 0.714. The third kappa shape index (κ3) is 3.80. The Bertz CT molecular complexity index is 469. The second kappa shape index (κ2) is 6.19. The van der Waals surface area contributed by atoms with Gasteiger partial charge in [-0.2, -0.15) is 0 Å². The van der Waals surface area contributed by atoms with Crippen LogP contribution in [-0.2, 0) is 6.54 Å². The van der Waals surface area contributed by atoms with Crippen molar-refractivity contribution in [3.8, 4) is 0 Å². The molecule has 0 radical (unpaired) electrons. The second-order valence-corrected chi connectivity index (χ2v) is 5.87. The first-order chi connectivity index (χ1) is 9.06. The highest BCUT2D eigenvalue weighted by Crippen LogP contribution is 2.11. The zero-order chi connectivity index (χ0) is 13.8. The summed E-state index contributed by atoms with van der Waals surface area (Å²) in [6, 6.07) is 0.328. The van der Waals surface area contributed by atoms with Gasteiger partial charge in [0.1, 0.15) is 0 Å². The lowest BCUT2D eigenvalue weighted by molar-refractivity contribution is 0.260. The third-order valence-corrected chi connectivity index (χ3v) is 3.44. The van der Waals surface area contributed by atoms with Crippen LogP contribution in [-0.4, -0.2) is 40.6 Å². The number of rotatable bonds is 4. The Kier molecular flexibility index (Phi) is 4.58. The minimum absolute atomic E-state index is 0.00979. The molecular weight excluding hydrogens is 240 g/mol. The van der Waals surface area contributed by atoms with Gasteiger partial charge in [-0.15, -0.1) is 0 Å². The maximum absolute atomic E-state index is 12.3. The van der Waals surface area contributed by atoms with Crippen LogP contribution in [0.2, 0.25) is 0 Å². The summed E-state index contributed by atoms with van der Waals surface area (Å²) in [5.41, 5.74) is -0.00979. The quantitative estimate of drug-likeness (QED) is 0.893. The van der Waals surface area contributed by atoms with Crippen LogP contribution in [0.5, 0.6) is 0 Å². The van der Waals surface area contributed by atoms with Gasteiger partial charge in [0.2, 0.25) is 0 Å². The van der Waals surface area contributed by atoms with Gasteiger partial charge < -0.3 is 14.8 Å². The summed E-state index contributed by atoms with van der Waals surface area (Å²) in [6.45, 7) is 7.06. The fourth-order valence-electron chi connectivity index (χ4n) is 2.56. The van der Waals surface area contributed by atoms with Gasteiger partial charge in [-0.25, -0.2) is 4.98 Å². The van der Waals surface area contributed by atoms with E-state index in [0.717, 1.165) is 26.1 Å². The molecule has 1 aliphatic rings. The SMILES string of the molecule is CC(C)Cn1ccnc(NC2CCCN(C)C2)c1=O. The van der Waals surface area contributed by atoms with Crippen molar-refractivity contribution in [3.63, 3.8) is 0 Å². The Hall–Kier alpha value is -1.36. The molecule has 1 atom stereocenters. The Labute approximate surface area is 114 Å². The zero-order valence-corrected chi connectivity index (χ0v) is 12.1. The maximum Gasteiger partial charge on any atom is 0.293 e. The van der Waals surface area contributed by atoms with Crippen molar-refractivity contribution in [3.05, 3.63) is 22.7 Å². The van der Waals surface area contributed by atoms with Gasteiger partial charge in [0.15, 0.2) is 5.82 Å². The van der Waals surface area contributed by atoms with Crippen LogP contribution in [0.4, 0.5) is 5.82 Å². The van der Waals surface area contributed by atoms with Gasteiger partial charge in [-0.1, -0.05) is 13.8 Å². The van der Waals surface area contributed by atoms with E-state index in [4.69, 9.17) is 0 Å². The fourth-order valence-corrected chi connectivity index (χ4v) is 2.56. The first kappa shape index (κ1) is 14.1. The van der Waals surface area contributed by atoms with E-state index in [1.54, 1.807) is 17.0 Å². The Morgan fingerprint density at radius 1 is 1.53 bits per heavy atom. The van der Waals surface area contributed by atoms with E-state index >= 15 is 0 Å². The summed E-state index contributed by atoms with van der Waals surface area (Å²) in [5, 5.41) is 3.31. The minimum Gasteiger partial charge on any atom is -0.361 e. The minimum atomic E-state index is -0.00979. The van der Waals surface area contributed by atoms with Gasteiger partial charge in [0, 0.05) is 31.5 Å². The van der Waals surface area contributed by atoms with Crippen LogP contribution in [0, 0.1) is 5.92 Å². The van der Waals surface area contributed by atoms with E-state index in [9.17, 15) is 4.79 Å². The highest BCUT2D eigenvalue weighted by atomic mass is 16.1. The number of aromatic nitrogens is 2. The largest absolute Gasteiger partial charge is 0.361 e. The topological polar surface area (TPSA) is 50.2 Å². The van der Waals surface area contributed by atoms with E-state index in [0.29, 0.717) is 17.8 Å². The first-order valence-corrected chi connectivity index (χ1v) is 7.07. The molecule has 5 heteroatoms. The number of hydrogen-bond donors (Lipinski definition) is 1. The molecule has 106 valence electrons. The maximum atomic E-state index is 12.3. The molecule has 2 rings (SSSR count). The highest BCUT2D eigenvalue weighted by Gasteiger charge is 2.18. The predicted octanol–water partition coefficient (Wildman–Crippen LogP) is 1.41. The van der Waals surface area contributed by atoms with Crippen molar-refractivity contribution >= 4 is 5.82 Å². The lowest BCUT2D eigenvalue weighted by Crippen LogP contribution is -2.41. The molecule has 0 aromatic carbocycles. The van der Waals surface area contributed by atoms with Crippen LogP contribution >= 0.6 is 0 Å².